The van der Waals surface area contributed by atoms with Crippen LogP contribution < -0.4 is 14.8 Å². The SMILES string of the molecule is CCC(C)(C)NCc1cc(OC)c(OCc2ccc(Cl)cc2)cc1Br. The lowest BCUT2D eigenvalue weighted by molar-refractivity contribution is 0.284. The zero-order chi connectivity index (χ0) is 18.4. The predicted octanol–water partition coefficient (Wildman–Crippen LogP) is 5.97. The van der Waals surface area contributed by atoms with Crippen LogP contribution in [0.15, 0.2) is 40.9 Å². The minimum absolute atomic E-state index is 0.0937. The van der Waals surface area contributed by atoms with Gasteiger partial charge in [0.15, 0.2) is 11.5 Å². The summed E-state index contributed by atoms with van der Waals surface area (Å²) in [6.07, 6.45) is 1.06. The van der Waals surface area contributed by atoms with Gasteiger partial charge in [0, 0.05) is 21.6 Å². The van der Waals surface area contributed by atoms with Crippen molar-refractivity contribution in [2.24, 2.45) is 0 Å². The molecule has 0 unspecified atom stereocenters. The van der Waals surface area contributed by atoms with E-state index in [1.807, 2.05) is 36.4 Å². The van der Waals surface area contributed by atoms with Crippen LogP contribution in [0.1, 0.15) is 38.3 Å². The van der Waals surface area contributed by atoms with Crippen molar-refractivity contribution >= 4 is 27.5 Å². The number of methoxy groups -OCH3 is 1. The van der Waals surface area contributed by atoms with Crippen LogP contribution in [0.3, 0.4) is 0 Å². The minimum atomic E-state index is 0.0937. The third kappa shape index (κ3) is 5.91. The van der Waals surface area contributed by atoms with E-state index in [1.165, 1.54) is 0 Å². The lowest BCUT2D eigenvalue weighted by atomic mass is 10.0. The molecule has 0 bridgehead atoms. The van der Waals surface area contributed by atoms with E-state index in [0.717, 1.165) is 39.3 Å². The van der Waals surface area contributed by atoms with E-state index < -0.39 is 0 Å². The van der Waals surface area contributed by atoms with Crippen molar-refractivity contribution in [1.82, 2.24) is 5.32 Å². The highest BCUT2D eigenvalue weighted by Crippen LogP contribution is 2.34. The molecule has 2 aromatic rings. The van der Waals surface area contributed by atoms with Gasteiger partial charge in [-0.15, -0.1) is 0 Å². The molecule has 3 nitrogen and oxygen atoms in total. The molecule has 2 rings (SSSR count). The Labute approximate surface area is 163 Å². The number of rotatable bonds is 8. The Morgan fingerprint density at radius 2 is 1.80 bits per heavy atom. The molecular weight excluding hydrogens is 402 g/mol. The van der Waals surface area contributed by atoms with Crippen molar-refractivity contribution in [1.29, 1.82) is 0 Å². The summed E-state index contributed by atoms with van der Waals surface area (Å²) in [5, 5.41) is 4.28. The van der Waals surface area contributed by atoms with Gasteiger partial charge in [0.1, 0.15) is 6.61 Å². The summed E-state index contributed by atoms with van der Waals surface area (Å²) >= 11 is 9.56. The van der Waals surface area contributed by atoms with Crippen LogP contribution in [0.5, 0.6) is 11.5 Å². The molecule has 0 fully saturated rings. The molecule has 2 aromatic carbocycles. The maximum atomic E-state index is 5.94. The van der Waals surface area contributed by atoms with Crippen LogP contribution in [-0.2, 0) is 13.2 Å². The largest absolute Gasteiger partial charge is 0.493 e. The molecule has 0 aliphatic carbocycles. The molecule has 5 heteroatoms. The summed E-state index contributed by atoms with van der Waals surface area (Å²) in [7, 11) is 1.66. The molecule has 25 heavy (non-hydrogen) atoms. The van der Waals surface area contributed by atoms with Gasteiger partial charge in [0.2, 0.25) is 0 Å². The normalized spacial score (nSPS) is 11.4. The maximum absolute atomic E-state index is 5.94. The summed E-state index contributed by atoms with van der Waals surface area (Å²) < 4.78 is 12.4. The second-order valence-corrected chi connectivity index (χ2v) is 7.89. The van der Waals surface area contributed by atoms with Crippen molar-refractivity contribution in [3.63, 3.8) is 0 Å². The molecule has 0 saturated carbocycles. The van der Waals surface area contributed by atoms with E-state index in [-0.39, 0.29) is 5.54 Å². The van der Waals surface area contributed by atoms with Crippen LogP contribution in [-0.4, -0.2) is 12.6 Å². The van der Waals surface area contributed by atoms with Crippen molar-refractivity contribution in [3.8, 4) is 11.5 Å². The first-order valence-electron chi connectivity index (χ1n) is 8.33. The van der Waals surface area contributed by atoms with E-state index in [2.05, 4.69) is 42.0 Å². The van der Waals surface area contributed by atoms with Gasteiger partial charge in [0.05, 0.1) is 7.11 Å². The van der Waals surface area contributed by atoms with E-state index in [1.54, 1.807) is 7.11 Å². The zero-order valence-corrected chi connectivity index (χ0v) is 17.5. The first-order chi connectivity index (χ1) is 11.8. The van der Waals surface area contributed by atoms with Crippen molar-refractivity contribution in [2.45, 2.75) is 45.9 Å². The van der Waals surface area contributed by atoms with Gasteiger partial charge in [-0.1, -0.05) is 46.6 Å². The average Bonchev–Trinajstić information content (AvgIpc) is 2.60. The molecule has 0 atom stereocenters. The highest BCUT2D eigenvalue weighted by molar-refractivity contribution is 9.10. The average molecular weight is 427 g/mol. The number of ether oxygens (including phenoxy) is 2. The third-order valence-corrected chi connectivity index (χ3v) is 5.27. The summed E-state index contributed by atoms with van der Waals surface area (Å²) in [6.45, 7) is 7.79. The Hall–Kier alpha value is -1.23. The van der Waals surface area contributed by atoms with Crippen molar-refractivity contribution in [3.05, 3.63) is 57.0 Å². The fourth-order valence-corrected chi connectivity index (χ4v) is 2.77. The van der Waals surface area contributed by atoms with Gasteiger partial charge in [-0.3, -0.25) is 0 Å². The van der Waals surface area contributed by atoms with Crippen LogP contribution in [0.25, 0.3) is 0 Å². The fourth-order valence-electron chi connectivity index (χ4n) is 2.19. The lowest BCUT2D eigenvalue weighted by Crippen LogP contribution is -2.37. The quantitative estimate of drug-likeness (QED) is 0.564. The van der Waals surface area contributed by atoms with Gasteiger partial charge >= 0.3 is 0 Å². The number of halogens is 2. The van der Waals surface area contributed by atoms with Crippen molar-refractivity contribution < 1.29 is 9.47 Å². The lowest BCUT2D eigenvalue weighted by Gasteiger charge is -2.25. The third-order valence-electron chi connectivity index (χ3n) is 4.28. The topological polar surface area (TPSA) is 30.5 Å². The number of nitrogens with one attached hydrogen (secondary N) is 1. The summed E-state index contributed by atoms with van der Waals surface area (Å²) in [6, 6.07) is 11.6. The highest BCUT2D eigenvalue weighted by Gasteiger charge is 2.16. The number of hydrogen-bond acceptors (Lipinski definition) is 3. The van der Waals surface area contributed by atoms with Gasteiger partial charge in [-0.05, 0) is 55.7 Å². The molecule has 0 saturated heterocycles. The minimum Gasteiger partial charge on any atom is -0.493 e. The van der Waals surface area contributed by atoms with Gasteiger partial charge < -0.3 is 14.8 Å². The molecule has 136 valence electrons. The number of benzene rings is 2. The molecule has 0 aromatic heterocycles. The first kappa shape index (κ1) is 20.1. The summed E-state index contributed by atoms with van der Waals surface area (Å²) in [5.74, 6) is 1.44. The highest BCUT2D eigenvalue weighted by atomic mass is 79.9. The van der Waals surface area contributed by atoms with Crippen LogP contribution in [0.2, 0.25) is 5.02 Å². The second-order valence-electron chi connectivity index (χ2n) is 6.60. The smallest absolute Gasteiger partial charge is 0.162 e. The molecule has 1 N–H and O–H groups in total. The van der Waals surface area contributed by atoms with Crippen molar-refractivity contribution in [2.75, 3.05) is 7.11 Å². The Morgan fingerprint density at radius 3 is 2.40 bits per heavy atom. The van der Waals surface area contributed by atoms with Gasteiger partial charge in [0.25, 0.3) is 0 Å². The maximum Gasteiger partial charge on any atom is 0.162 e. The number of hydrogen-bond donors (Lipinski definition) is 1. The van der Waals surface area contributed by atoms with E-state index >= 15 is 0 Å². The molecular formula is C20H25BrClNO2. The predicted molar refractivity (Wildman–Crippen MR) is 108 cm³/mol. The summed E-state index contributed by atoms with van der Waals surface area (Å²) in [5.41, 5.74) is 2.28. The molecule has 0 heterocycles. The zero-order valence-electron chi connectivity index (χ0n) is 15.2. The van der Waals surface area contributed by atoms with Crippen LogP contribution in [0, 0.1) is 0 Å². The van der Waals surface area contributed by atoms with E-state index in [4.69, 9.17) is 21.1 Å². The standard InChI is InChI=1S/C20H25BrClNO2/c1-5-20(2,3)23-12-15-10-18(24-4)19(11-17(15)21)25-13-14-6-8-16(22)9-7-14/h6-11,23H,5,12-13H2,1-4H3. The Balaban J connectivity index is 2.11. The van der Waals surface area contributed by atoms with Crippen LogP contribution in [0.4, 0.5) is 0 Å². The molecule has 0 aliphatic rings. The Bertz CT molecular complexity index is 702. The Kier molecular flexibility index (Phi) is 7.17. The van der Waals surface area contributed by atoms with Gasteiger partial charge in [-0.25, -0.2) is 0 Å². The second kappa shape index (κ2) is 8.93. The van der Waals surface area contributed by atoms with E-state index in [9.17, 15) is 0 Å². The monoisotopic (exact) mass is 425 g/mol. The van der Waals surface area contributed by atoms with Crippen LogP contribution >= 0.6 is 27.5 Å². The summed E-state index contributed by atoms with van der Waals surface area (Å²) in [4.78, 5) is 0. The Morgan fingerprint density at radius 1 is 1.12 bits per heavy atom. The van der Waals surface area contributed by atoms with E-state index in [0.29, 0.717) is 12.4 Å². The molecule has 0 radical (unpaired) electrons. The molecule has 0 spiro atoms. The molecule has 0 aliphatic heterocycles. The molecule has 0 amide bonds. The fraction of sp³-hybridized carbons (Fsp3) is 0.400. The first-order valence-corrected chi connectivity index (χ1v) is 9.50. The van der Waals surface area contributed by atoms with Gasteiger partial charge in [-0.2, -0.15) is 0 Å².